The third-order valence-electron chi connectivity index (χ3n) is 3.80. The number of rotatable bonds is 1. The molecule has 1 aliphatic carbocycles. The normalized spacial score (nSPS) is 34.5. The molecular weight excluding hydrogens is 190 g/mol. The molecule has 3 nitrogen and oxygen atoms in total. The van der Waals surface area contributed by atoms with Gasteiger partial charge in [0.05, 0.1) is 0 Å². The minimum absolute atomic E-state index is 0.376. The summed E-state index contributed by atoms with van der Waals surface area (Å²) < 4.78 is 0. The van der Waals surface area contributed by atoms with E-state index < -0.39 is 0 Å². The number of Topliss-reactive ketones (excluding diaryl/α,β-unsaturated/α-hetero) is 2. The van der Waals surface area contributed by atoms with Crippen LogP contribution in [0.5, 0.6) is 0 Å². The summed E-state index contributed by atoms with van der Waals surface area (Å²) >= 11 is 0. The molecule has 2 fully saturated rings. The lowest BCUT2D eigenvalue weighted by atomic mass is 9.83. The standard InChI is InChI=1S/C12H19NO2/c1-9-2-3-11(15)8-12(9)13-6-4-10(14)5-7-13/h9,12H,2-8H2,1H3. The van der Waals surface area contributed by atoms with Crippen LogP contribution in [-0.4, -0.2) is 35.6 Å². The highest BCUT2D eigenvalue weighted by atomic mass is 16.1. The summed E-state index contributed by atoms with van der Waals surface area (Å²) in [5.41, 5.74) is 0. The molecule has 84 valence electrons. The number of carbonyl (C=O) groups is 2. The molecule has 2 aliphatic rings. The van der Waals surface area contributed by atoms with Crippen LogP contribution in [0.2, 0.25) is 0 Å². The highest BCUT2D eigenvalue weighted by molar-refractivity contribution is 5.80. The van der Waals surface area contributed by atoms with Gasteiger partial charge in [-0.25, -0.2) is 0 Å². The molecule has 2 rings (SSSR count). The second kappa shape index (κ2) is 4.44. The van der Waals surface area contributed by atoms with Gasteiger partial charge in [-0.15, -0.1) is 0 Å². The lowest BCUT2D eigenvalue weighted by molar-refractivity contribution is -0.125. The van der Waals surface area contributed by atoms with Crippen molar-refractivity contribution in [3.05, 3.63) is 0 Å². The van der Waals surface area contributed by atoms with Gasteiger partial charge in [-0.1, -0.05) is 6.92 Å². The smallest absolute Gasteiger partial charge is 0.135 e. The average molecular weight is 209 g/mol. The minimum atomic E-state index is 0.376. The van der Waals surface area contributed by atoms with Gasteiger partial charge < -0.3 is 0 Å². The molecule has 1 saturated carbocycles. The van der Waals surface area contributed by atoms with Gasteiger partial charge in [-0.3, -0.25) is 14.5 Å². The number of hydrogen-bond donors (Lipinski definition) is 0. The molecular formula is C12H19NO2. The molecule has 0 N–H and O–H groups in total. The van der Waals surface area contributed by atoms with Crippen molar-refractivity contribution in [3.8, 4) is 0 Å². The van der Waals surface area contributed by atoms with Crippen molar-refractivity contribution in [2.24, 2.45) is 5.92 Å². The SMILES string of the molecule is CC1CCC(=O)CC1N1CCC(=O)CC1. The van der Waals surface area contributed by atoms with E-state index in [4.69, 9.17) is 0 Å². The maximum Gasteiger partial charge on any atom is 0.135 e. The maximum absolute atomic E-state index is 11.4. The van der Waals surface area contributed by atoms with Gasteiger partial charge in [0.1, 0.15) is 11.6 Å². The van der Waals surface area contributed by atoms with Crippen LogP contribution in [0.3, 0.4) is 0 Å². The topological polar surface area (TPSA) is 37.4 Å². The van der Waals surface area contributed by atoms with E-state index in [-0.39, 0.29) is 0 Å². The Bertz CT molecular complexity index is 265. The van der Waals surface area contributed by atoms with Crippen molar-refractivity contribution in [3.63, 3.8) is 0 Å². The number of hydrogen-bond acceptors (Lipinski definition) is 3. The fraction of sp³-hybridized carbons (Fsp3) is 0.833. The Kier molecular flexibility index (Phi) is 3.19. The molecule has 0 aromatic heterocycles. The number of likely N-dealkylation sites (tertiary alicyclic amines) is 1. The van der Waals surface area contributed by atoms with E-state index in [1.807, 2.05) is 0 Å². The summed E-state index contributed by atoms with van der Waals surface area (Å²) in [6, 6.07) is 0.402. The maximum atomic E-state index is 11.4. The van der Waals surface area contributed by atoms with Crippen LogP contribution in [0, 0.1) is 5.92 Å². The third kappa shape index (κ3) is 2.46. The lowest BCUT2D eigenvalue weighted by Gasteiger charge is -2.39. The van der Waals surface area contributed by atoms with Crippen LogP contribution in [-0.2, 0) is 9.59 Å². The van der Waals surface area contributed by atoms with E-state index in [9.17, 15) is 9.59 Å². The van der Waals surface area contributed by atoms with Gasteiger partial charge in [0.15, 0.2) is 0 Å². The summed E-state index contributed by atoms with van der Waals surface area (Å²) in [6.45, 7) is 3.95. The Morgan fingerprint density at radius 2 is 1.73 bits per heavy atom. The van der Waals surface area contributed by atoms with Crippen LogP contribution >= 0.6 is 0 Å². The zero-order valence-corrected chi connectivity index (χ0v) is 9.37. The Morgan fingerprint density at radius 1 is 1.07 bits per heavy atom. The van der Waals surface area contributed by atoms with E-state index in [0.717, 1.165) is 25.9 Å². The zero-order valence-electron chi connectivity index (χ0n) is 9.37. The molecule has 0 spiro atoms. The molecule has 2 atom stereocenters. The monoisotopic (exact) mass is 209 g/mol. The number of ketones is 2. The van der Waals surface area contributed by atoms with E-state index in [1.54, 1.807) is 0 Å². The second-order valence-corrected chi connectivity index (χ2v) is 4.90. The molecule has 0 bridgehead atoms. The number of piperidine rings is 1. The Morgan fingerprint density at radius 3 is 2.40 bits per heavy atom. The van der Waals surface area contributed by atoms with Crippen LogP contribution in [0.25, 0.3) is 0 Å². The van der Waals surface area contributed by atoms with Crippen molar-refractivity contribution in [1.29, 1.82) is 0 Å². The van der Waals surface area contributed by atoms with E-state index in [1.165, 1.54) is 0 Å². The van der Waals surface area contributed by atoms with Gasteiger partial charge in [-0.05, 0) is 12.3 Å². The summed E-state index contributed by atoms with van der Waals surface area (Å²) in [6.07, 6.45) is 3.84. The molecule has 1 aliphatic heterocycles. The molecule has 3 heteroatoms. The largest absolute Gasteiger partial charge is 0.300 e. The van der Waals surface area contributed by atoms with E-state index in [0.29, 0.717) is 42.8 Å². The van der Waals surface area contributed by atoms with Crippen molar-refractivity contribution in [2.75, 3.05) is 13.1 Å². The third-order valence-corrected chi connectivity index (χ3v) is 3.80. The molecule has 1 heterocycles. The molecule has 0 aromatic rings. The quantitative estimate of drug-likeness (QED) is 0.655. The summed E-state index contributed by atoms with van der Waals surface area (Å²) in [7, 11) is 0. The zero-order chi connectivity index (χ0) is 10.8. The van der Waals surface area contributed by atoms with Gasteiger partial charge in [0.25, 0.3) is 0 Å². The fourth-order valence-electron chi connectivity index (χ4n) is 2.71. The first-order valence-electron chi connectivity index (χ1n) is 5.94. The van der Waals surface area contributed by atoms with Crippen molar-refractivity contribution in [1.82, 2.24) is 4.90 Å². The van der Waals surface area contributed by atoms with Crippen LogP contribution < -0.4 is 0 Å². The van der Waals surface area contributed by atoms with E-state index in [2.05, 4.69) is 11.8 Å². The predicted molar refractivity (Wildman–Crippen MR) is 57.6 cm³/mol. The van der Waals surface area contributed by atoms with Crippen molar-refractivity contribution < 1.29 is 9.59 Å². The summed E-state index contributed by atoms with van der Waals surface area (Å²) in [4.78, 5) is 24.9. The Hall–Kier alpha value is -0.700. The van der Waals surface area contributed by atoms with Gasteiger partial charge in [-0.2, -0.15) is 0 Å². The van der Waals surface area contributed by atoms with Gasteiger partial charge >= 0.3 is 0 Å². The van der Waals surface area contributed by atoms with E-state index >= 15 is 0 Å². The molecule has 0 radical (unpaired) electrons. The molecule has 1 saturated heterocycles. The lowest BCUT2D eigenvalue weighted by Crippen LogP contribution is -2.47. The highest BCUT2D eigenvalue weighted by Gasteiger charge is 2.32. The fourth-order valence-corrected chi connectivity index (χ4v) is 2.71. The van der Waals surface area contributed by atoms with Crippen LogP contribution in [0.4, 0.5) is 0 Å². The van der Waals surface area contributed by atoms with Crippen LogP contribution in [0.1, 0.15) is 39.0 Å². The first-order chi connectivity index (χ1) is 7.16. The highest BCUT2D eigenvalue weighted by Crippen LogP contribution is 2.27. The summed E-state index contributed by atoms with van der Waals surface area (Å²) in [5.74, 6) is 1.38. The first kappa shape index (κ1) is 10.8. The minimum Gasteiger partial charge on any atom is -0.300 e. The molecule has 15 heavy (non-hydrogen) atoms. The summed E-state index contributed by atoms with van der Waals surface area (Å²) in [5, 5.41) is 0. The Labute approximate surface area is 90.8 Å². The van der Waals surface area contributed by atoms with Crippen molar-refractivity contribution in [2.45, 2.75) is 45.1 Å². The molecule has 0 aromatic carbocycles. The first-order valence-corrected chi connectivity index (χ1v) is 5.94. The average Bonchev–Trinajstić information content (AvgIpc) is 2.23. The number of nitrogens with zero attached hydrogens (tertiary/aromatic N) is 1. The molecule has 2 unspecified atom stereocenters. The molecule has 0 amide bonds. The van der Waals surface area contributed by atoms with Crippen molar-refractivity contribution >= 4 is 11.6 Å². The predicted octanol–water partition coefficient (Wildman–Crippen LogP) is 1.41. The van der Waals surface area contributed by atoms with Gasteiger partial charge in [0, 0.05) is 44.8 Å². The van der Waals surface area contributed by atoms with Crippen LogP contribution in [0.15, 0.2) is 0 Å². The number of carbonyl (C=O) groups excluding carboxylic acids is 2. The Balaban J connectivity index is 1.96. The second-order valence-electron chi connectivity index (χ2n) is 4.90. The van der Waals surface area contributed by atoms with Gasteiger partial charge in [0.2, 0.25) is 0 Å².